The van der Waals surface area contributed by atoms with E-state index in [0.717, 1.165) is 66.0 Å². The maximum Gasteiger partial charge on any atom is 0.264 e. The van der Waals surface area contributed by atoms with E-state index in [9.17, 15) is 18.3 Å². The lowest BCUT2D eigenvalue weighted by molar-refractivity contribution is 0.0456. The first-order valence-corrected chi connectivity index (χ1v) is 27.5. The van der Waals surface area contributed by atoms with Gasteiger partial charge in [-0.3, -0.25) is 4.79 Å². The minimum Gasteiger partial charge on any atom is -0.490 e. The van der Waals surface area contributed by atoms with Crippen molar-refractivity contribution in [1.82, 2.24) is 4.72 Å². The van der Waals surface area contributed by atoms with Crippen molar-refractivity contribution in [2.75, 3.05) is 24.6 Å². The van der Waals surface area contributed by atoms with E-state index in [-0.39, 0.29) is 40.7 Å². The fraction of sp³-hybridized carbons (Fsp3) is 0.463. The Labute approximate surface area is 394 Å². The Morgan fingerprint density at radius 2 is 1.74 bits per heavy atom. The summed E-state index contributed by atoms with van der Waals surface area (Å²) < 4.78 is 45.6. The quantitative estimate of drug-likeness (QED) is 0.0756. The number of carbonyl (C=O) groups is 1. The average Bonchev–Trinajstić information content (AvgIpc) is 3.42. The van der Waals surface area contributed by atoms with Gasteiger partial charge in [0, 0.05) is 35.2 Å². The Morgan fingerprint density at radius 3 is 2.37 bits per heavy atom. The lowest BCUT2D eigenvalue weighted by Gasteiger charge is -2.45. The number of sulfonamides is 1. The molecule has 6 atom stereocenters. The Kier molecular flexibility index (Phi) is 15.6. The molecule has 1 heterocycles. The topological polar surface area (TPSA) is 105 Å². The van der Waals surface area contributed by atoms with Crippen LogP contribution in [0.25, 0.3) is 0 Å². The maximum absolute atomic E-state index is 14.5. The van der Waals surface area contributed by atoms with E-state index in [4.69, 9.17) is 20.8 Å². The van der Waals surface area contributed by atoms with Crippen molar-refractivity contribution < 1.29 is 27.5 Å². The van der Waals surface area contributed by atoms with Gasteiger partial charge in [0.25, 0.3) is 14.2 Å². The summed E-state index contributed by atoms with van der Waals surface area (Å²) in [6.07, 6.45) is 12.4. The number of carbonyl (C=O) groups excluding carboxylic acids is 1. The van der Waals surface area contributed by atoms with Crippen molar-refractivity contribution >= 4 is 51.9 Å². The van der Waals surface area contributed by atoms with Crippen molar-refractivity contribution in [2.24, 2.45) is 11.8 Å². The van der Waals surface area contributed by atoms with Gasteiger partial charge in [-0.15, -0.1) is 6.58 Å². The molecule has 4 aromatic carbocycles. The second-order valence-corrected chi connectivity index (χ2v) is 26.4. The van der Waals surface area contributed by atoms with Crippen LogP contribution in [0.2, 0.25) is 10.1 Å². The van der Waals surface area contributed by atoms with E-state index >= 15 is 0 Å². The number of nitrogens with zero attached hydrogens (tertiary/aromatic N) is 1. The Bertz CT molecular complexity index is 2370. The van der Waals surface area contributed by atoms with Crippen LogP contribution in [0.15, 0.2) is 122 Å². The van der Waals surface area contributed by atoms with Crippen LogP contribution >= 0.6 is 11.6 Å². The molecule has 65 heavy (non-hydrogen) atoms. The zero-order chi connectivity index (χ0) is 46.4. The highest BCUT2D eigenvalue weighted by atomic mass is 35.5. The zero-order valence-electron chi connectivity index (χ0n) is 39.0. The summed E-state index contributed by atoms with van der Waals surface area (Å²) in [6, 6.07) is 32.1. The van der Waals surface area contributed by atoms with Crippen LogP contribution in [0, 0.1) is 11.8 Å². The Morgan fingerprint density at radius 1 is 1.03 bits per heavy atom. The number of anilines is 1. The second kappa shape index (κ2) is 20.8. The van der Waals surface area contributed by atoms with Crippen LogP contribution in [0.1, 0.15) is 114 Å². The van der Waals surface area contributed by atoms with Gasteiger partial charge in [-0.2, -0.15) is 0 Å². The smallest absolute Gasteiger partial charge is 0.264 e. The number of rotatable bonds is 18. The molecule has 3 aliphatic rings. The molecule has 1 spiro atoms. The normalized spacial score (nSPS) is 21.3. The predicted octanol–water partition coefficient (Wildman–Crippen LogP) is 10.3. The summed E-state index contributed by atoms with van der Waals surface area (Å²) in [5, 5.41) is 13.0. The van der Waals surface area contributed by atoms with Crippen LogP contribution in [-0.4, -0.2) is 64.9 Å². The molecule has 348 valence electrons. The van der Waals surface area contributed by atoms with Crippen LogP contribution in [0.3, 0.4) is 0 Å². The van der Waals surface area contributed by atoms with E-state index in [1.165, 1.54) is 11.1 Å². The highest BCUT2D eigenvalue weighted by molar-refractivity contribution is 7.90. The van der Waals surface area contributed by atoms with Gasteiger partial charge >= 0.3 is 0 Å². The van der Waals surface area contributed by atoms with Crippen LogP contribution in [0.4, 0.5) is 5.69 Å². The monoisotopic (exact) mass is 936 g/mol. The van der Waals surface area contributed by atoms with Crippen LogP contribution in [0.5, 0.6) is 5.75 Å². The van der Waals surface area contributed by atoms with Crippen LogP contribution < -0.4 is 24.7 Å². The van der Waals surface area contributed by atoms with Gasteiger partial charge in [-0.25, -0.2) is 13.1 Å². The molecule has 1 fully saturated rings. The number of aliphatic hydroxyl groups is 1. The number of aliphatic hydroxyl groups excluding tert-OH is 1. The molecular formula is C54H69ClN2O6SSi. The predicted molar refractivity (Wildman–Crippen MR) is 269 cm³/mol. The van der Waals surface area contributed by atoms with Crippen molar-refractivity contribution in [2.45, 2.75) is 127 Å². The zero-order valence-corrected chi connectivity index (χ0v) is 41.6. The molecule has 0 bridgehead atoms. The first-order valence-electron chi connectivity index (χ1n) is 23.7. The molecule has 1 saturated carbocycles. The molecular weight excluding hydrogens is 868 g/mol. The minimum atomic E-state index is -4.20. The number of allylic oxidation sites excluding steroid dienone is 2. The molecule has 1 amide bonds. The van der Waals surface area contributed by atoms with Gasteiger partial charge in [0.05, 0.1) is 23.6 Å². The SMILES string of the molecule is C=CCC[C@@H](C[C@@H](C)O[Si](c1ccccc1)(c1ccccc1)C(C)(C)C)S(=O)(=O)NC(=O)c1ccc2c(c1)N(C[C@@H]1CC[C@H]1[C@@H](O)/C=C/CCC)CC1(CCCc3cc(Cl)ccc31)CO2. The lowest BCUT2D eigenvalue weighted by Crippen LogP contribution is -2.67. The number of unbranched alkanes of at least 4 members (excludes halogenated alkanes) is 1. The molecule has 11 heteroatoms. The van der Waals surface area contributed by atoms with Crippen LogP contribution in [-0.2, 0) is 26.3 Å². The summed E-state index contributed by atoms with van der Waals surface area (Å²) >= 11 is 6.51. The third-order valence-electron chi connectivity index (χ3n) is 14.2. The average molecular weight is 938 g/mol. The summed E-state index contributed by atoms with van der Waals surface area (Å²) in [7, 11) is -7.19. The summed E-state index contributed by atoms with van der Waals surface area (Å²) in [5.41, 5.74) is 3.14. The molecule has 1 unspecified atom stereocenters. The van der Waals surface area contributed by atoms with Crippen molar-refractivity contribution in [1.29, 1.82) is 0 Å². The van der Waals surface area contributed by atoms with Crippen molar-refractivity contribution in [3.05, 3.63) is 144 Å². The fourth-order valence-corrected chi connectivity index (χ4v) is 17.2. The minimum absolute atomic E-state index is 0.122. The summed E-state index contributed by atoms with van der Waals surface area (Å²) in [6.45, 7) is 16.4. The highest BCUT2D eigenvalue weighted by Crippen LogP contribution is 2.47. The Balaban J connectivity index is 1.17. The number of amides is 1. The third-order valence-corrected chi connectivity index (χ3v) is 21.4. The number of aryl methyl sites for hydroxylation is 1. The standard InChI is InChI=1S/C54H69ClN2O6SSi/c1-7-9-13-25-50(58)47-29-26-42(47)36-57-37-54(32-18-19-40-34-43(55)28-30-48(40)54)38-62-51-31-27-41(35-49(51)57)52(59)56-64(60,61)44(20-10-8-2)33-39(3)63-65(53(4,5)6,45-21-14-11-15-22-45)46-23-16-12-17-24-46/h8,11-17,21-25,27-28,30-31,34-35,39,42,44,47,50,58H,2,7,9-10,18-20,26,29,32-33,36-38H2,1,3-6H3,(H,56,59)/b25-13+/t39-,42+,44+,47-,50+,54?/m1/s1. The first-order chi connectivity index (χ1) is 31.1. The van der Waals surface area contributed by atoms with Gasteiger partial charge < -0.3 is 19.2 Å². The third kappa shape index (κ3) is 10.7. The molecule has 1 aliphatic heterocycles. The number of ether oxygens (including phenoxy) is 1. The van der Waals surface area contributed by atoms with Gasteiger partial charge in [0.15, 0.2) is 0 Å². The maximum atomic E-state index is 14.5. The van der Waals surface area contributed by atoms with E-state index in [0.29, 0.717) is 31.9 Å². The molecule has 2 aliphatic carbocycles. The summed E-state index contributed by atoms with van der Waals surface area (Å²) in [5.74, 6) is 0.312. The fourth-order valence-electron chi connectivity index (χ4n) is 10.7. The molecule has 0 radical (unpaired) electrons. The lowest BCUT2D eigenvalue weighted by atomic mass is 9.68. The largest absolute Gasteiger partial charge is 0.490 e. The number of benzene rings is 4. The Hall–Kier alpha value is -4.19. The van der Waals surface area contributed by atoms with Gasteiger partial charge in [0.1, 0.15) is 5.75 Å². The molecule has 4 aromatic rings. The van der Waals surface area contributed by atoms with Gasteiger partial charge in [-0.05, 0) is 133 Å². The number of halogens is 1. The van der Waals surface area contributed by atoms with Crippen molar-refractivity contribution in [3.8, 4) is 5.75 Å². The van der Waals surface area contributed by atoms with E-state index in [2.05, 4.69) is 86.4 Å². The highest BCUT2D eigenvalue weighted by Gasteiger charge is 2.51. The van der Waals surface area contributed by atoms with E-state index in [1.807, 2.05) is 61.5 Å². The van der Waals surface area contributed by atoms with Gasteiger partial charge in [-0.1, -0.05) is 131 Å². The van der Waals surface area contributed by atoms with E-state index in [1.54, 1.807) is 18.2 Å². The first kappa shape index (κ1) is 48.7. The molecule has 0 aromatic heterocycles. The van der Waals surface area contributed by atoms with Crippen molar-refractivity contribution in [3.63, 3.8) is 0 Å². The van der Waals surface area contributed by atoms with E-state index < -0.39 is 41.7 Å². The number of hydrogen-bond donors (Lipinski definition) is 2. The molecule has 2 N–H and O–H groups in total. The summed E-state index contributed by atoms with van der Waals surface area (Å²) in [4.78, 5) is 16.7. The molecule has 0 saturated heterocycles. The second-order valence-electron chi connectivity index (χ2n) is 19.8. The molecule has 8 nitrogen and oxygen atoms in total. The number of fused-ring (bicyclic) bond motifs is 3. The number of nitrogens with one attached hydrogen (secondary N) is 1. The van der Waals surface area contributed by atoms with Gasteiger partial charge in [0.2, 0.25) is 10.0 Å². The number of hydrogen-bond acceptors (Lipinski definition) is 7. The molecule has 7 rings (SSSR count).